The van der Waals surface area contributed by atoms with Gasteiger partial charge in [0.05, 0.1) is 5.92 Å². The van der Waals surface area contributed by atoms with Gasteiger partial charge in [0.15, 0.2) is 0 Å². The Balaban J connectivity index is 2.43. The van der Waals surface area contributed by atoms with Crippen LogP contribution < -0.4 is 0 Å². The maximum Gasteiger partial charge on any atom is 0.226 e. The third-order valence-corrected chi connectivity index (χ3v) is 2.41. The van der Waals surface area contributed by atoms with Crippen LogP contribution in [0, 0.1) is 12.5 Å². The molecule has 3 nitrogen and oxygen atoms in total. The molecule has 0 saturated carbocycles. The van der Waals surface area contributed by atoms with Gasteiger partial charge in [-0.3, -0.25) is 4.79 Å². The van der Waals surface area contributed by atoms with Crippen LogP contribution in [0.5, 0.6) is 0 Å². The van der Waals surface area contributed by atoms with Gasteiger partial charge in [-0.25, -0.2) is 0 Å². The van der Waals surface area contributed by atoms with Gasteiger partial charge in [-0.15, -0.1) is 0 Å². The summed E-state index contributed by atoms with van der Waals surface area (Å²) in [5.41, 5.74) is 0. The predicted molar refractivity (Wildman–Crippen MR) is 48.3 cm³/mol. The normalized spacial score (nSPS) is 24.4. The van der Waals surface area contributed by atoms with Gasteiger partial charge in [-0.05, 0) is 20.4 Å². The first-order chi connectivity index (χ1) is 5.65. The van der Waals surface area contributed by atoms with E-state index in [4.69, 9.17) is 0 Å². The third-order valence-electron chi connectivity index (χ3n) is 2.41. The van der Waals surface area contributed by atoms with Gasteiger partial charge < -0.3 is 9.80 Å². The molecule has 0 aromatic carbocycles. The van der Waals surface area contributed by atoms with Crippen molar-refractivity contribution in [2.75, 3.05) is 27.2 Å². The van der Waals surface area contributed by atoms with Gasteiger partial charge in [0.25, 0.3) is 0 Å². The maximum atomic E-state index is 11.6. The van der Waals surface area contributed by atoms with E-state index in [2.05, 4.69) is 11.4 Å². The van der Waals surface area contributed by atoms with E-state index in [-0.39, 0.29) is 11.8 Å². The molecule has 1 rings (SSSR count). The van der Waals surface area contributed by atoms with Crippen molar-refractivity contribution in [3.8, 4) is 0 Å². The summed E-state index contributed by atoms with van der Waals surface area (Å²) >= 11 is 0. The van der Waals surface area contributed by atoms with E-state index in [0.717, 1.165) is 19.5 Å². The molecule has 0 aliphatic carbocycles. The largest absolute Gasteiger partial charge is 0.346 e. The van der Waals surface area contributed by atoms with Crippen LogP contribution in [0.1, 0.15) is 13.3 Å². The summed E-state index contributed by atoms with van der Waals surface area (Å²) in [4.78, 5) is 15.5. The lowest BCUT2D eigenvalue weighted by molar-refractivity contribution is -0.133. The third kappa shape index (κ3) is 1.97. The predicted octanol–water partition coefficient (Wildman–Crippen LogP) is 0.578. The second kappa shape index (κ2) is 3.90. The second-order valence-corrected chi connectivity index (χ2v) is 3.41. The number of amides is 1. The fourth-order valence-corrected chi connectivity index (χ4v) is 1.45. The minimum absolute atomic E-state index is 0.194. The first-order valence-electron chi connectivity index (χ1n) is 4.43. The van der Waals surface area contributed by atoms with Crippen molar-refractivity contribution in [3.05, 3.63) is 6.54 Å². The molecule has 1 aliphatic rings. The zero-order valence-electron chi connectivity index (χ0n) is 8.08. The lowest BCUT2D eigenvalue weighted by Crippen LogP contribution is -2.33. The Hall–Kier alpha value is -0.570. The first kappa shape index (κ1) is 9.52. The Kier molecular flexibility index (Phi) is 3.09. The van der Waals surface area contributed by atoms with Crippen molar-refractivity contribution in [1.29, 1.82) is 0 Å². The highest BCUT2D eigenvalue weighted by Crippen LogP contribution is 2.19. The molecule has 12 heavy (non-hydrogen) atoms. The molecule has 1 fully saturated rings. The lowest BCUT2D eigenvalue weighted by Gasteiger charge is -2.18. The van der Waals surface area contributed by atoms with Gasteiger partial charge in [0.2, 0.25) is 5.91 Å². The van der Waals surface area contributed by atoms with E-state index in [0.29, 0.717) is 0 Å². The molecule has 0 aromatic rings. The molecule has 0 bridgehead atoms. The molecule has 1 unspecified atom stereocenters. The van der Waals surface area contributed by atoms with E-state index in [1.165, 1.54) is 0 Å². The summed E-state index contributed by atoms with van der Waals surface area (Å²) in [5.74, 6) is 0.470. The van der Waals surface area contributed by atoms with Crippen LogP contribution in [-0.4, -0.2) is 42.9 Å². The number of nitrogens with zero attached hydrogens (tertiary/aromatic N) is 2. The minimum Gasteiger partial charge on any atom is -0.346 e. The van der Waals surface area contributed by atoms with Crippen molar-refractivity contribution in [3.63, 3.8) is 0 Å². The SMILES string of the molecule is CCN(C)C(=O)C1C[CH]N(C)C1. The molecule has 0 spiro atoms. The molecule has 1 heterocycles. The monoisotopic (exact) mass is 169 g/mol. The topological polar surface area (TPSA) is 23.6 Å². The quantitative estimate of drug-likeness (QED) is 0.603. The van der Waals surface area contributed by atoms with Crippen LogP contribution in [0.3, 0.4) is 0 Å². The van der Waals surface area contributed by atoms with E-state index >= 15 is 0 Å². The molecule has 1 atom stereocenters. The standard InChI is InChI=1S/C9H17N2O/c1-4-11(3)9(12)8-5-6-10(2)7-8/h6,8H,4-5,7H2,1-3H3. The van der Waals surface area contributed by atoms with Gasteiger partial charge in [-0.1, -0.05) is 0 Å². The number of carbonyl (C=O) groups excluding carboxylic acids is 1. The fourth-order valence-electron chi connectivity index (χ4n) is 1.45. The number of hydrogen-bond donors (Lipinski definition) is 0. The van der Waals surface area contributed by atoms with E-state index in [1.807, 2.05) is 21.0 Å². The molecule has 0 N–H and O–H groups in total. The first-order valence-corrected chi connectivity index (χ1v) is 4.43. The van der Waals surface area contributed by atoms with Crippen molar-refractivity contribution >= 4 is 5.91 Å². The molecule has 1 radical (unpaired) electrons. The average Bonchev–Trinajstić information content (AvgIpc) is 2.49. The average molecular weight is 169 g/mol. The molecule has 3 heteroatoms. The zero-order chi connectivity index (χ0) is 9.14. The second-order valence-electron chi connectivity index (χ2n) is 3.41. The fraction of sp³-hybridized carbons (Fsp3) is 0.778. The number of hydrogen-bond acceptors (Lipinski definition) is 2. The van der Waals surface area contributed by atoms with Crippen LogP contribution in [-0.2, 0) is 4.79 Å². The van der Waals surface area contributed by atoms with Crippen molar-refractivity contribution in [1.82, 2.24) is 9.80 Å². The van der Waals surface area contributed by atoms with Crippen LogP contribution in [0.25, 0.3) is 0 Å². The summed E-state index contributed by atoms with van der Waals surface area (Å²) in [6.45, 7) is 5.77. The molecule has 1 amide bonds. The Labute approximate surface area is 74.3 Å². The van der Waals surface area contributed by atoms with Crippen molar-refractivity contribution in [2.24, 2.45) is 5.92 Å². The smallest absolute Gasteiger partial charge is 0.226 e. The summed E-state index contributed by atoms with van der Waals surface area (Å²) in [5, 5.41) is 0. The Morgan fingerprint density at radius 2 is 2.42 bits per heavy atom. The van der Waals surface area contributed by atoms with E-state index in [9.17, 15) is 4.79 Å². The summed E-state index contributed by atoms with van der Waals surface area (Å²) < 4.78 is 0. The van der Waals surface area contributed by atoms with E-state index < -0.39 is 0 Å². The molecular weight excluding hydrogens is 152 g/mol. The minimum atomic E-state index is 0.194. The van der Waals surface area contributed by atoms with Crippen LogP contribution in [0.15, 0.2) is 0 Å². The van der Waals surface area contributed by atoms with Crippen molar-refractivity contribution < 1.29 is 4.79 Å². The highest BCUT2D eigenvalue weighted by atomic mass is 16.2. The number of rotatable bonds is 2. The summed E-state index contributed by atoms with van der Waals surface area (Å²) in [7, 11) is 3.87. The summed E-state index contributed by atoms with van der Waals surface area (Å²) in [6, 6.07) is 0. The maximum absolute atomic E-state index is 11.6. The zero-order valence-corrected chi connectivity index (χ0v) is 8.08. The van der Waals surface area contributed by atoms with Crippen molar-refractivity contribution in [2.45, 2.75) is 13.3 Å². The number of carbonyl (C=O) groups is 1. The highest BCUT2D eigenvalue weighted by Gasteiger charge is 2.27. The van der Waals surface area contributed by atoms with Gasteiger partial charge in [-0.2, -0.15) is 0 Å². The van der Waals surface area contributed by atoms with Gasteiger partial charge >= 0.3 is 0 Å². The van der Waals surface area contributed by atoms with Crippen LogP contribution >= 0.6 is 0 Å². The molecule has 1 aliphatic heterocycles. The van der Waals surface area contributed by atoms with Gasteiger partial charge in [0.1, 0.15) is 0 Å². The van der Waals surface area contributed by atoms with Crippen LogP contribution in [0.4, 0.5) is 0 Å². The summed E-state index contributed by atoms with van der Waals surface area (Å²) in [6.07, 6.45) is 0.902. The highest BCUT2D eigenvalue weighted by molar-refractivity contribution is 5.79. The molecule has 1 saturated heterocycles. The number of likely N-dealkylation sites (tertiary alicyclic amines) is 1. The molecule has 69 valence electrons. The Morgan fingerprint density at radius 3 is 2.83 bits per heavy atom. The van der Waals surface area contributed by atoms with Gasteiger partial charge in [0, 0.05) is 26.7 Å². The lowest BCUT2D eigenvalue weighted by atomic mass is 10.1. The Bertz CT molecular complexity index is 170. The van der Waals surface area contributed by atoms with Crippen LogP contribution in [0.2, 0.25) is 0 Å². The Morgan fingerprint density at radius 1 is 1.75 bits per heavy atom. The molecule has 0 aromatic heterocycles. The van der Waals surface area contributed by atoms with E-state index in [1.54, 1.807) is 4.90 Å². The molecular formula is C9H17N2O.